The van der Waals surface area contributed by atoms with Gasteiger partial charge in [0.2, 0.25) is 0 Å². The third-order valence-corrected chi connectivity index (χ3v) is 2.06. The predicted molar refractivity (Wildman–Crippen MR) is 60.4 cm³/mol. The van der Waals surface area contributed by atoms with Gasteiger partial charge in [0.1, 0.15) is 0 Å². The van der Waals surface area contributed by atoms with Crippen LogP contribution in [0.5, 0.6) is 0 Å². The standard InChI is InChI=1S/C12H22N2/c1-11(2,3)7-10-8-13-14(9-10)12(4,5)6/h8-9H,7H2,1-6H3. The molecule has 0 aliphatic heterocycles. The lowest BCUT2D eigenvalue weighted by molar-refractivity contribution is 0.354. The Morgan fingerprint density at radius 1 is 1.14 bits per heavy atom. The first-order valence-electron chi connectivity index (χ1n) is 5.22. The topological polar surface area (TPSA) is 17.8 Å². The Hall–Kier alpha value is -0.790. The van der Waals surface area contributed by atoms with Crippen LogP contribution in [0.1, 0.15) is 47.1 Å². The van der Waals surface area contributed by atoms with Crippen LogP contribution in [0.3, 0.4) is 0 Å². The highest BCUT2D eigenvalue weighted by molar-refractivity contribution is 5.07. The van der Waals surface area contributed by atoms with Crippen LogP contribution in [-0.4, -0.2) is 9.78 Å². The summed E-state index contributed by atoms with van der Waals surface area (Å²) >= 11 is 0. The van der Waals surface area contributed by atoms with Crippen LogP contribution in [0.4, 0.5) is 0 Å². The van der Waals surface area contributed by atoms with E-state index in [9.17, 15) is 0 Å². The van der Waals surface area contributed by atoms with Crippen molar-refractivity contribution in [1.82, 2.24) is 9.78 Å². The summed E-state index contributed by atoms with van der Waals surface area (Å²) in [6.45, 7) is 13.3. The van der Waals surface area contributed by atoms with Crippen molar-refractivity contribution >= 4 is 0 Å². The summed E-state index contributed by atoms with van der Waals surface area (Å²) < 4.78 is 2.04. The van der Waals surface area contributed by atoms with Gasteiger partial charge in [0, 0.05) is 6.20 Å². The quantitative estimate of drug-likeness (QED) is 0.671. The van der Waals surface area contributed by atoms with E-state index in [1.165, 1.54) is 5.56 Å². The molecule has 0 unspecified atom stereocenters. The molecule has 1 aromatic heterocycles. The number of rotatable bonds is 1. The Balaban J connectivity index is 2.79. The van der Waals surface area contributed by atoms with E-state index in [1.807, 2.05) is 10.9 Å². The number of hydrogen-bond donors (Lipinski definition) is 0. The largest absolute Gasteiger partial charge is 0.267 e. The minimum absolute atomic E-state index is 0.0934. The third kappa shape index (κ3) is 3.17. The van der Waals surface area contributed by atoms with Gasteiger partial charge in [-0.2, -0.15) is 5.10 Å². The molecular weight excluding hydrogens is 172 g/mol. The van der Waals surface area contributed by atoms with Gasteiger partial charge in [0.25, 0.3) is 0 Å². The Morgan fingerprint density at radius 3 is 2.07 bits per heavy atom. The van der Waals surface area contributed by atoms with Gasteiger partial charge in [-0.25, -0.2) is 0 Å². The van der Waals surface area contributed by atoms with E-state index in [4.69, 9.17) is 0 Å². The fourth-order valence-corrected chi connectivity index (χ4v) is 1.43. The SMILES string of the molecule is CC(C)(C)Cc1cnn(C(C)(C)C)c1. The highest BCUT2D eigenvalue weighted by atomic mass is 15.3. The maximum atomic E-state index is 4.39. The summed E-state index contributed by atoms with van der Waals surface area (Å²) in [7, 11) is 0. The summed E-state index contributed by atoms with van der Waals surface area (Å²) in [5, 5.41) is 4.39. The average Bonchev–Trinajstić information content (AvgIpc) is 2.29. The summed E-state index contributed by atoms with van der Waals surface area (Å²) in [6, 6.07) is 0. The van der Waals surface area contributed by atoms with Crippen molar-refractivity contribution in [2.45, 2.75) is 53.5 Å². The molecule has 2 nitrogen and oxygen atoms in total. The molecule has 0 aliphatic rings. The Kier molecular flexibility index (Phi) is 2.75. The van der Waals surface area contributed by atoms with Gasteiger partial charge in [-0.1, -0.05) is 20.8 Å². The first-order valence-corrected chi connectivity index (χ1v) is 5.22. The summed E-state index contributed by atoms with van der Waals surface area (Å²) in [5.74, 6) is 0. The number of nitrogens with zero attached hydrogens (tertiary/aromatic N) is 2. The second-order valence-electron chi connectivity index (χ2n) is 6.20. The fraction of sp³-hybridized carbons (Fsp3) is 0.750. The van der Waals surface area contributed by atoms with Gasteiger partial charge >= 0.3 is 0 Å². The molecular formula is C12H22N2. The predicted octanol–water partition coefficient (Wildman–Crippen LogP) is 3.23. The fourth-order valence-electron chi connectivity index (χ4n) is 1.43. The van der Waals surface area contributed by atoms with E-state index in [0.717, 1.165) is 6.42 Å². The van der Waals surface area contributed by atoms with Crippen molar-refractivity contribution in [2.24, 2.45) is 5.41 Å². The molecule has 0 atom stereocenters. The number of hydrogen-bond acceptors (Lipinski definition) is 1. The lowest BCUT2D eigenvalue weighted by Crippen LogP contribution is -2.22. The molecule has 0 spiro atoms. The van der Waals surface area contributed by atoms with Crippen LogP contribution < -0.4 is 0 Å². The summed E-state index contributed by atoms with van der Waals surface area (Å²) in [5.41, 5.74) is 1.76. The highest BCUT2D eigenvalue weighted by Crippen LogP contribution is 2.21. The summed E-state index contributed by atoms with van der Waals surface area (Å²) in [6.07, 6.45) is 5.23. The van der Waals surface area contributed by atoms with Crippen LogP contribution >= 0.6 is 0 Å². The smallest absolute Gasteiger partial charge is 0.0543 e. The first-order chi connectivity index (χ1) is 6.18. The third-order valence-electron chi connectivity index (χ3n) is 2.06. The van der Waals surface area contributed by atoms with E-state index in [2.05, 4.69) is 52.8 Å². The van der Waals surface area contributed by atoms with E-state index < -0.39 is 0 Å². The second-order valence-corrected chi connectivity index (χ2v) is 6.20. The molecule has 0 aromatic carbocycles. The van der Waals surface area contributed by atoms with Crippen molar-refractivity contribution in [2.75, 3.05) is 0 Å². The molecule has 0 N–H and O–H groups in total. The van der Waals surface area contributed by atoms with E-state index in [1.54, 1.807) is 0 Å². The second kappa shape index (κ2) is 3.41. The van der Waals surface area contributed by atoms with Crippen LogP contribution in [0.15, 0.2) is 12.4 Å². The van der Waals surface area contributed by atoms with Crippen LogP contribution in [0.25, 0.3) is 0 Å². The molecule has 2 heteroatoms. The Labute approximate surface area is 87.3 Å². The molecule has 80 valence electrons. The molecule has 0 fully saturated rings. The van der Waals surface area contributed by atoms with Crippen molar-refractivity contribution in [1.29, 1.82) is 0 Å². The molecule has 1 heterocycles. The van der Waals surface area contributed by atoms with Crippen molar-refractivity contribution in [3.05, 3.63) is 18.0 Å². The van der Waals surface area contributed by atoms with Gasteiger partial charge in [0.05, 0.1) is 11.7 Å². The zero-order valence-corrected chi connectivity index (χ0v) is 10.3. The normalized spacial score (nSPS) is 13.3. The molecule has 1 aromatic rings. The molecule has 0 amide bonds. The van der Waals surface area contributed by atoms with Crippen LogP contribution in [0.2, 0.25) is 0 Å². The van der Waals surface area contributed by atoms with E-state index in [-0.39, 0.29) is 5.54 Å². The highest BCUT2D eigenvalue weighted by Gasteiger charge is 2.17. The maximum Gasteiger partial charge on any atom is 0.0543 e. The minimum atomic E-state index is 0.0934. The maximum absolute atomic E-state index is 4.39. The average molecular weight is 194 g/mol. The zero-order chi connectivity index (χ0) is 11.0. The lowest BCUT2D eigenvalue weighted by atomic mass is 9.89. The van der Waals surface area contributed by atoms with Crippen molar-refractivity contribution in [3.63, 3.8) is 0 Å². The van der Waals surface area contributed by atoms with Gasteiger partial charge < -0.3 is 0 Å². The molecule has 0 aliphatic carbocycles. The van der Waals surface area contributed by atoms with E-state index in [0.29, 0.717) is 5.41 Å². The molecule has 14 heavy (non-hydrogen) atoms. The monoisotopic (exact) mass is 194 g/mol. The van der Waals surface area contributed by atoms with Gasteiger partial charge in [-0.05, 0) is 38.2 Å². The van der Waals surface area contributed by atoms with Crippen molar-refractivity contribution in [3.8, 4) is 0 Å². The zero-order valence-electron chi connectivity index (χ0n) is 10.3. The molecule has 0 bridgehead atoms. The summed E-state index contributed by atoms with van der Waals surface area (Å²) in [4.78, 5) is 0. The lowest BCUT2D eigenvalue weighted by Gasteiger charge is -2.19. The Morgan fingerprint density at radius 2 is 1.71 bits per heavy atom. The van der Waals surface area contributed by atoms with Crippen LogP contribution in [-0.2, 0) is 12.0 Å². The molecule has 0 saturated carbocycles. The Bertz CT molecular complexity index is 297. The van der Waals surface area contributed by atoms with Crippen molar-refractivity contribution < 1.29 is 0 Å². The molecule has 0 radical (unpaired) electrons. The van der Waals surface area contributed by atoms with Crippen LogP contribution in [0, 0.1) is 5.41 Å². The first kappa shape index (κ1) is 11.3. The van der Waals surface area contributed by atoms with Gasteiger partial charge in [-0.3, -0.25) is 4.68 Å². The van der Waals surface area contributed by atoms with Gasteiger partial charge in [0.15, 0.2) is 0 Å². The molecule has 0 saturated heterocycles. The number of aromatic nitrogens is 2. The minimum Gasteiger partial charge on any atom is -0.267 e. The van der Waals surface area contributed by atoms with Gasteiger partial charge in [-0.15, -0.1) is 0 Å². The van der Waals surface area contributed by atoms with E-state index >= 15 is 0 Å². The molecule has 1 rings (SSSR count).